The molecule has 0 aromatic rings. The fourth-order valence-corrected chi connectivity index (χ4v) is 1.81. The number of ether oxygens (including phenoxy) is 1. The third-order valence-electron chi connectivity index (χ3n) is 2.81. The summed E-state index contributed by atoms with van der Waals surface area (Å²) in [5.41, 5.74) is 0. The number of aliphatic hydroxyl groups is 2. The average Bonchev–Trinajstić information content (AvgIpc) is 2.56. The van der Waals surface area contributed by atoms with E-state index in [1.165, 1.54) is 0 Å². The molecule has 0 aromatic heterocycles. The van der Waals surface area contributed by atoms with Crippen LogP contribution in [0.5, 0.6) is 0 Å². The summed E-state index contributed by atoms with van der Waals surface area (Å²) in [5, 5.41) is 18.6. The largest absolute Gasteiger partial charge is 0.460 e. The maximum Gasteiger partial charge on any atom is 0.312 e. The van der Waals surface area contributed by atoms with E-state index in [1.54, 1.807) is 0 Å². The lowest BCUT2D eigenvalue weighted by Crippen LogP contribution is -2.24. The second-order valence-electron chi connectivity index (χ2n) is 4.62. The Labute approximate surface area is 90.2 Å². The smallest absolute Gasteiger partial charge is 0.312 e. The summed E-state index contributed by atoms with van der Waals surface area (Å²) < 4.78 is 4.90. The number of cyclic esters (lactones) is 1. The van der Waals surface area contributed by atoms with Crippen LogP contribution in [-0.4, -0.2) is 35.0 Å². The number of carbonyl (C=O) groups is 1. The van der Waals surface area contributed by atoms with Gasteiger partial charge < -0.3 is 14.9 Å². The highest BCUT2D eigenvalue weighted by Crippen LogP contribution is 2.26. The summed E-state index contributed by atoms with van der Waals surface area (Å²) >= 11 is 0. The van der Waals surface area contributed by atoms with Crippen molar-refractivity contribution < 1.29 is 19.7 Å². The molecule has 0 aromatic carbocycles. The quantitative estimate of drug-likeness (QED) is 0.664. The highest BCUT2D eigenvalue weighted by atomic mass is 16.6. The Morgan fingerprint density at radius 1 is 1.47 bits per heavy atom. The highest BCUT2D eigenvalue weighted by molar-refractivity contribution is 5.75. The summed E-state index contributed by atoms with van der Waals surface area (Å²) in [4.78, 5) is 11.3. The maximum atomic E-state index is 11.3. The SMILES string of the molecule is CC(C)CCC(O)C1CC(CO)OC1=O. The zero-order valence-electron chi connectivity index (χ0n) is 9.35. The fourth-order valence-electron chi connectivity index (χ4n) is 1.81. The molecule has 1 heterocycles. The van der Waals surface area contributed by atoms with Crippen molar-refractivity contribution in [2.45, 2.75) is 45.3 Å². The van der Waals surface area contributed by atoms with Crippen LogP contribution in [0.4, 0.5) is 0 Å². The Hall–Kier alpha value is -0.610. The van der Waals surface area contributed by atoms with Crippen molar-refractivity contribution in [2.75, 3.05) is 6.61 Å². The van der Waals surface area contributed by atoms with Gasteiger partial charge in [0, 0.05) is 6.42 Å². The molecule has 1 rings (SSSR count). The lowest BCUT2D eigenvalue weighted by Gasteiger charge is -2.15. The summed E-state index contributed by atoms with van der Waals surface area (Å²) in [5.74, 6) is -0.295. The molecule has 3 unspecified atom stereocenters. The first-order valence-corrected chi connectivity index (χ1v) is 5.54. The molecule has 0 bridgehead atoms. The van der Waals surface area contributed by atoms with Crippen LogP contribution in [0.3, 0.4) is 0 Å². The van der Waals surface area contributed by atoms with Gasteiger partial charge in [0.2, 0.25) is 0 Å². The van der Waals surface area contributed by atoms with E-state index < -0.39 is 18.1 Å². The summed E-state index contributed by atoms with van der Waals surface area (Å²) in [6, 6.07) is 0. The normalized spacial score (nSPS) is 28.2. The van der Waals surface area contributed by atoms with Crippen molar-refractivity contribution in [2.24, 2.45) is 11.8 Å². The second kappa shape index (κ2) is 5.47. The number of rotatable bonds is 5. The number of aliphatic hydroxyl groups excluding tert-OH is 2. The van der Waals surface area contributed by atoms with Crippen molar-refractivity contribution in [1.82, 2.24) is 0 Å². The predicted octanol–water partition coefficient (Wildman–Crippen LogP) is 0.707. The van der Waals surface area contributed by atoms with Crippen molar-refractivity contribution in [1.29, 1.82) is 0 Å². The summed E-state index contributed by atoms with van der Waals surface area (Å²) in [6.07, 6.45) is 0.909. The molecule has 0 amide bonds. The zero-order chi connectivity index (χ0) is 11.4. The van der Waals surface area contributed by atoms with Gasteiger partial charge in [-0.15, -0.1) is 0 Å². The molecule has 4 heteroatoms. The zero-order valence-corrected chi connectivity index (χ0v) is 9.35. The lowest BCUT2D eigenvalue weighted by molar-refractivity contribution is -0.147. The molecule has 0 spiro atoms. The van der Waals surface area contributed by atoms with Crippen LogP contribution in [0.15, 0.2) is 0 Å². The number of esters is 1. The van der Waals surface area contributed by atoms with Crippen LogP contribution in [0.2, 0.25) is 0 Å². The molecule has 0 aliphatic carbocycles. The Bertz CT molecular complexity index is 215. The topological polar surface area (TPSA) is 66.8 Å². The number of hydrogen-bond acceptors (Lipinski definition) is 4. The number of carbonyl (C=O) groups excluding carboxylic acids is 1. The van der Waals surface area contributed by atoms with E-state index in [-0.39, 0.29) is 12.6 Å². The molecule has 2 N–H and O–H groups in total. The Kier molecular flexibility index (Phi) is 4.54. The van der Waals surface area contributed by atoms with E-state index in [0.29, 0.717) is 18.8 Å². The van der Waals surface area contributed by atoms with Gasteiger partial charge in [0.15, 0.2) is 0 Å². The molecule has 1 aliphatic rings. The van der Waals surface area contributed by atoms with E-state index in [4.69, 9.17) is 9.84 Å². The van der Waals surface area contributed by atoms with E-state index in [9.17, 15) is 9.90 Å². The van der Waals surface area contributed by atoms with Crippen LogP contribution in [-0.2, 0) is 9.53 Å². The van der Waals surface area contributed by atoms with Gasteiger partial charge >= 0.3 is 5.97 Å². The van der Waals surface area contributed by atoms with E-state index >= 15 is 0 Å². The Morgan fingerprint density at radius 2 is 2.13 bits per heavy atom. The first-order chi connectivity index (χ1) is 7.04. The Morgan fingerprint density at radius 3 is 2.60 bits per heavy atom. The van der Waals surface area contributed by atoms with Crippen molar-refractivity contribution in [3.8, 4) is 0 Å². The minimum atomic E-state index is -0.628. The highest BCUT2D eigenvalue weighted by Gasteiger charge is 2.38. The fraction of sp³-hybridized carbons (Fsp3) is 0.909. The molecular weight excluding hydrogens is 196 g/mol. The monoisotopic (exact) mass is 216 g/mol. The van der Waals surface area contributed by atoms with Gasteiger partial charge in [-0.3, -0.25) is 4.79 Å². The minimum Gasteiger partial charge on any atom is -0.460 e. The van der Waals surface area contributed by atoms with Gasteiger partial charge in [0.1, 0.15) is 6.10 Å². The number of hydrogen-bond donors (Lipinski definition) is 2. The molecule has 15 heavy (non-hydrogen) atoms. The first-order valence-electron chi connectivity index (χ1n) is 5.54. The standard InChI is InChI=1S/C11H20O4/c1-7(2)3-4-10(13)9-5-8(6-12)15-11(9)14/h7-10,12-13H,3-6H2,1-2H3. The molecule has 3 atom stereocenters. The molecule has 88 valence electrons. The van der Waals surface area contributed by atoms with E-state index in [1.807, 2.05) is 0 Å². The van der Waals surface area contributed by atoms with Gasteiger partial charge in [-0.2, -0.15) is 0 Å². The molecule has 0 saturated carbocycles. The molecule has 0 radical (unpaired) electrons. The average molecular weight is 216 g/mol. The molecule has 1 saturated heterocycles. The van der Waals surface area contributed by atoms with Crippen LogP contribution >= 0.6 is 0 Å². The Balaban J connectivity index is 2.39. The van der Waals surface area contributed by atoms with Crippen LogP contribution in [0, 0.1) is 11.8 Å². The van der Waals surface area contributed by atoms with Crippen molar-refractivity contribution >= 4 is 5.97 Å². The second-order valence-corrected chi connectivity index (χ2v) is 4.62. The molecule has 4 nitrogen and oxygen atoms in total. The molecule has 1 aliphatic heterocycles. The van der Waals surface area contributed by atoms with Crippen LogP contribution < -0.4 is 0 Å². The van der Waals surface area contributed by atoms with Gasteiger partial charge in [-0.25, -0.2) is 0 Å². The van der Waals surface area contributed by atoms with Gasteiger partial charge in [-0.05, 0) is 18.8 Å². The van der Waals surface area contributed by atoms with Crippen LogP contribution in [0.25, 0.3) is 0 Å². The van der Waals surface area contributed by atoms with Crippen LogP contribution in [0.1, 0.15) is 33.1 Å². The summed E-state index contributed by atoms with van der Waals surface area (Å²) in [7, 11) is 0. The van der Waals surface area contributed by atoms with E-state index in [0.717, 1.165) is 6.42 Å². The molecular formula is C11H20O4. The third kappa shape index (κ3) is 3.47. The van der Waals surface area contributed by atoms with Crippen molar-refractivity contribution in [3.63, 3.8) is 0 Å². The third-order valence-corrected chi connectivity index (χ3v) is 2.81. The van der Waals surface area contributed by atoms with Gasteiger partial charge in [-0.1, -0.05) is 13.8 Å². The lowest BCUT2D eigenvalue weighted by atomic mass is 9.93. The van der Waals surface area contributed by atoms with Crippen molar-refractivity contribution in [3.05, 3.63) is 0 Å². The van der Waals surface area contributed by atoms with E-state index in [2.05, 4.69) is 13.8 Å². The predicted molar refractivity (Wildman–Crippen MR) is 55.2 cm³/mol. The van der Waals surface area contributed by atoms with Gasteiger partial charge in [0.25, 0.3) is 0 Å². The van der Waals surface area contributed by atoms with Gasteiger partial charge in [0.05, 0.1) is 18.6 Å². The molecule has 1 fully saturated rings. The maximum absolute atomic E-state index is 11.3. The first kappa shape index (κ1) is 12.5. The summed E-state index contributed by atoms with van der Waals surface area (Å²) in [6.45, 7) is 4.01. The minimum absolute atomic E-state index is 0.154.